The predicted octanol–water partition coefficient (Wildman–Crippen LogP) is 5.96. The molecule has 0 radical (unpaired) electrons. The summed E-state index contributed by atoms with van der Waals surface area (Å²) in [4.78, 5) is 27.9. The lowest BCUT2D eigenvalue weighted by Gasteiger charge is -2.31. The molecule has 0 heterocycles. The average molecular weight is 512 g/mol. The fourth-order valence-electron chi connectivity index (χ4n) is 3.25. The third-order valence-electron chi connectivity index (χ3n) is 5.40. The second-order valence-corrected chi connectivity index (χ2v) is 9.67. The number of amides is 2. The molecule has 0 aliphatic rings. The summed E-state index contributed by atoms with van der Waals surface area (Å²) in [7, 11) is 1.63. The van der Waals surface area contributed by atoms with Crippen molar-refractivity contribution in [3.05, 3.63) is 63.6 Å². The molecule has 2 rings (SSSR count). The van der Waals surface area contributed by atoms with Crippen molar-refractivity contribution in [2.75, 3.05) is 12.9 Å². The fourth-order valence-corrected chi connectivity index (χ4v) is 4.59. The van der Waals surface area contributed by atoms with Gasteiger partial charge in [0.15, 0.2) is 0 Å². The van der Waals surface area contributed by atoms with Crippen LogP contribution in [0.3, 0.4) is 0 Å². The smallest absolute Gasteiger partial charge is 0.243 e. The molecule has 0 saturated carbocycles. The summed E-state index contributed by atoms with van der Waals surface area (Å²) in [5, 5.41) is 4.01. The Morgan fingerprint density at radius 2 is 1.79 bits per heavy atom. The van der Waals surface area contributed by atoms with Gasteiger partial charge in [0, 0.05) is 28.4 Å². The standard InChI is InChI=1S/C25H32Cl2N2O3S/c1-5-17(3)28-25(31)23(6-2)29(14-19-9-10-20(26)13-22(19)27)24(30)16-33-15-18-7-11-21(32-4)12-8-18/h7-13,17,23H,5-6,14-16H2,1-4H3,(H,28,31)/t17-,23+/m0/s1. The van der Waals surface area contributed by atoms with Gasteiger partial charge in [0.2, 0.25) is 11.8 Å². The molecule has 0 aromatic heterocycles. The van der Waals surface area contributed by atoms with E-state index in [4.69, 9.17) is 27.9 Å². The van der Waals surface area contributed by atoms with Gasteiger partial charge in [-0.25, -0.2) is 0 Å². The van der Waals surface area contributed by atoms with Crippen molar-refractivity contribution in [1.82, 2.24) is 10.2 Å². The highest BCUT2D eigenvalue weighted by molar-refractivity contribution is 7.99. The lowest BCUT2D eigenvalue weighted by atomic mass is 10.1. The summed E-state index contributed by atoms with van der Waals surface area (Å²) in [6.07, 6.45) is 1.32. The molecular weight excluding hydrogens is 479 g/mol. The molecular formula is C25H32Cl2N2O3S. The highest BCUT2D eigenvalue weighted by Crippen LogP contribution is 2.25. The lowest BCUT2D eigenvalue weighted by molar-refractivity contribution is -0.139. The lowest BCUT2D eigenvalue weighted by Crippen LogP contribution is -2.51. The number of carbonyl (C=O) groups is 2. The highest BCUT2D eigenvalue weighted by atomic mass is 35.5. The summed E-state index contributed by atoms with van der Waals surface area (Å²) in [5.41, 5.74) is 1.85. The molecule has 0 unspecified atom stereocenters. The van der Waals surface area contributed by atoms with E-state index < -0.39 is 6.04 Å². The molecule has 1 N–H and O–H groups in total. The normalized spacial score (nSPS) is 12.7. The molecule has 2 atom stereocenters. The topological polar surface area (TPSA) is 58.6 Å². The molecule has 0 fully saturated rings. The second kappa shape index (κ2) is 13.7. The predicted molar refractivity (Wildman–Crippen MR) is 138 cm³/mol. The molecule has 0 saturated heterocycles. The van der Waals surface area contributed by atoms with Gasteiger partial charge >= 0.3 is 0 Å². The van der Waals surface area contributed by atoms with Crippen molar-refractivity contribution >= 4 is 46.8 Å². The minimum atomic E-state index is -0.583. The zero-order valence-corrected chi connectivity index (χ0v) is 21.9. The van der Waals surface area contributed by atoms with Gasteiger partial charge in [-0.2, -0.15) is 0 Å². The first-order valence-corrected chi connectivity index (χ1v) is 12.9. The summed E-state index contributed by atoms with van der Waals surface area (Å²) < 4.78 is 5.19. The Balaban J connectivity index is 2.16. The fraction of sp³-hybridized carbons (Fsp3) is 0.440. The van der Waals surface area contributed by atoms with Gasteiger partial charge in [-0.15, -0.1) is 11.8 Å². The van der Waals surface area contributed by atoms with Crippen LogP contribution in [0.2, 0.25) is 10.0 Å². The van der Waals surface area contributed by atoms with Crippen molar-refractivity contribution in [1.29, 1.82) is 0 Å². The van der Waals surface area contributed by atoms with E-state index >= 15 is 0 Å². The molecule has 2 aromatic carbocycles. The average Bonchev–Trinajstić information content (AvgIpc) is 2.80. The van der Waals surface area contributed by atoms with Crippen LogP contribution in [0.4, 0.5) is 0 Å². The molecule has 8 heteroatoms. The quantitative estimate of drug-likeness (QED) is 0.382. The zero-order chi connectivity index (χ0) is 24.4. The first-order valence-electron chi connectivity index (χ1n) is 11.0. The number of thioether (sulfide) groups is 1. The highest BCUT2D eigenvalue weighted by Gasteiger charge is 2.29. The molecule has 2 amide bonds. The van der Waals surface area contributed by atoms with E-state index in [-0.39, 0.29) is 30.2 Å². The maximum absolute atomic E-state index is 13.3. The van der Waals surface area contributed by atoms with E-state index in [9.17, 15) is 9.59 Å². The van der Waals surface area contributed by atoms with E-state index in [0.29, 0.717) is 22.2 Å². The SMILES string of the molecule is CC[C@H](C(=O)N[C@@H](C)CC)N(Cc1ccc(Cl)cc1Cl)C(=O)CSCc1ccc(OC)cc1. The number of methoxy groups -OCH3 is 1. The largest absolute Gasteiger partial charge is 0.497 e. The van der Waals surface area contributed by atoms with Crippen LogP contribution in [-0.4, -0.2) is 41.7 Å². The number of hydrogen-bond acceptors (Lipinski definition) is 4. The van der Waals surface area contributed by atoms with E-state index in [1.807, 2.05) is 45.0 Å². The Morgan fingerprint density at radius 1 is 1.09 bits per heavy atom. The first-order chi connectivity index (χ1) is 15.8. The van der Waals surface area contributed by atoms with Crippen molar-refractivity contribution < 1.29 is 14.3 Å². The monoisotopic (exact) mass is 510 g/mol. The molecule has 33 heavy (non-hydrogen) atoms. The zero-order valence-electron chi connectivity index (χ0n) is 19.6. The summed E-state index contributed by atoms with van der Waals surface area (Å²) in [5.74, 6) is 1.48. The van der Waals surface area contributed by atoms with Gasteiger partial charge in [0.25, 0.3) is 0 Å². The van der Waals surface area contributed by atoms with Gasteiger partial charge in [-0.1, -0.05) is 55.2 Å². The van der Waals surface area contributed by atoms with Crippen LogP contribution in [-0.2, 0) is 21.9 Å². The minimum absolute atomic E-state index is 0.0343. The van der Waals surface area contributed by atoms with Crippen molar-refractivity contribution in [3.63, 3.8) is 0 Å². The number of carbonyl (C=O) groups excluding carboxylic acids is 2. The van der Waals surface area contributed by atoms with Crippen LogP contribution in [0.25, 0.3) is 0 Å². The van der Waals surface area contributed by atoms with Gasteiger partial charge in [0.1, 0.15) is 11.8 Å². The van der Waals surface area contributed by atoms with E-state index in [1.165, 1.54) is 11.8 Å². The van der Waals surface area contributed by atoms with E-state index in [0.717, 1.165) is 23.3 Å². The van der Waals surface area contributed by atoms with E-state index in [2.05, 4.69) is 5.32 Å². The Morgan fingerprint density at radius 3 is 2.36 bits per heavy atom. The third-order valence-corrected chi connectivity index (χ3v) is 6.97. The van der Waals surface area contributed by atoms with Crippen LogP contribution in [0.5, 0.6) is 5.75 Å². The van der Waals surface area contributed by atoms with Crippen LogP contribution in [0.15, 0.2) is 42.5 Å². The number of ether oxygens (including phenoxy) is 1. The van der Waals surface area contributed by atoms with Crippen molar-refractivity contribution in [2.24, 2.45) is 0 Å². The van der Waals surface area contributed by atoms with Crippen LogP contribution in [0, 0.1) is 0 Å². The van der Waals surface area contributed by atoms with Gasteiger partial charge in [0.05, 0.1) is 12.9 Å². The van der Waals surface area contributed by atoms with E-state index in [1.54, 1.807) is 30.2 Å². The third kappa shape index (κ3) is 8.43. The number of hydrogen-bond donors (Lipinski definition) is 1. The van der Waals surface area contributed by atoms with Gasteiger partial charge < -0.3 is 15.0 Å². The van der Waals surface area contributed by atoms with Crippen molar-refractivity contribution in [3.8, 4) is 5.75 Å². The Labute approximate surface area is 211 Å². The molecule has 0 bridgehead atoms. The molecule has 180 valence electrons. The molecule has 2 aromatic rings. The van der Waals surface area contributed by atoms with Crippen LogP contribution >= 0.6 is 35.0 Å². The summed E-state index contributed by atoms with van der Waals surface area (Å²) in [6, 6.07) is 12.4. The minimum Gasteiger partial charge on any atom is -0.497 e. The number of nitrogens with zero attached hydrogens (tertiary/aromatic N) is 1. The molecule has 0 aliphatic heterocycles. The maximum atomic E-state index is 13.3. The Bertz CT molecular complexity index is 924. The Hall–Kier alpha value is -1.89. The molecule has 0 spiro atoms. The van der Waals surface area contributed by atoms with Gasteiger partial charge in [-0.05, 0) is 55.2 Å². The Kier molecular flexibility index (Phi) is 11.4. The molecule has 5 nitrogen and oxygen atoms in total. The summed E-state index contributed by atoms with van der Waals surface area (Å²) >= 11 is 13.9. The first kappa shape index (κ1) is 27.4. The number of nitrogens with one attached hydrogen (secondary N) is 1. The van der Waals surface area contributed by atoms with Gasteiger partial charge in [-0.3, -0.25) is 9.59 Å². The van der Waals surface area contributed by atoms with Crippen LogP contribution < -0.4 is 10.1 Å². The number of rotatable bonds is 12. The summed E-state index contributed by atoms with van der Waals surface area (Å²) in [6.45, 7) is 6.12. The van der Waals surface area contributed by atoms with Crippen molar-refractivity contribution in [2.45, 2.75) is 58.0 Å². The second-order valence-electron chi connectivity index (χ2n) is 7.84. The molecule has 0 aliphatic carbocycles. The van der Waals surface area contributed by atoms with Crippen LogP contribution in [0.1, 0.15) is 44.7 Å². The number of halogens is 2. The maximum Gasteiger partial charge on any atom is 0.243 e. The number of benzene rings is 2.